The van der Waals surface area contributed by atoms with Crippen LogP contribution < -0.4 is 0 Å². The highest BCUT2D eigenvalue weighted by atomic mass is 19.3. The molecule has 0 spiro atoms. The van der Waals surface area contributed by atoms with Crippen LogP contribution in [0.2, 0.25) is 0 Å². The summed E-state index contributed by atoms with van der Waals surface area (Å²) in [6, 6.07) is 9.01. The number of nitrogens with zero attached hydrogens (tertiary/aromatic N) is 3. The topological polar surface area (TPSA) is 91.8 Å². The Labute approximate surface area is 119 Å². The summed E-state index contributed by atoms with van der Waals surface area (Å²) in [5.41, 5.74) is 0.827. The molecule has 2 aromatic rings. The molecule has 2 atom stereocenters. The van der Waals surface area contributed by atoms with Crippen molar-refractivity contribution in [1.82, 2.24) is 20.6 Å². The Hall–Kier alpha value is -2.38. The summed E-state index contributed by atoms with van der Waals surface area (Å²) in [5, 5.41) is 22.4. The summed E-state index contributed by atoms with van der Waals surface area (Å²) in [4.78, 5) is 11.3. The van der Waals surface area contributed by atoms with Crippen molar-refractivity contribution in [3.63, 3.8) is 0 Å². The average Bonchev–Trinajstić information content (AvgIpc) is 2.97. The molecule has 0 unspecified atom stereocenters. The van der Waals surface area contributed by atoms with Gasteiger partial charge in [-0.05, 0) is 12.0 Å². The Morgan fingerprint density at radius 1 is 1.29 bits per heavy atom. The molecule has 1 aromatic carbocycles. The molecule has 112 valence electrons. The summed E-state index contributed by atoms with van der Waals surface area (Å²) in [5.74, 6) is -3.20. The van der Waals surface area contributed by atoms with E-state index in [-0.39, 0.29) is 12.2 Å². The van der Waals surface area contributed by atoms with E-state index in [9.17, 15) is 18.7 Å². The van der Waals surface area contributed by atoms with Crippen molar-refractivity contribution in [3.8, 4) is 0 Å². The number of hydrogen-bond donors (Lipinski definition) is 2. The second kappa shape index (κ2) is 6.87. The lowest BCUT2D eigenvalue weighted by Gasteiger charge is -2.21. The van der Waals surface area contributed by atoms with E-state index >= 15 is 0 Å². The molecule has 0 aliphatic carbocycles. The van der Waals surface area contributed by atoms with Gasteiger partial charge in [-0.1, -0.05) is 35.5 Å². The third-order valence-electron chi connectivity index (χ3n) is 3.23. The lowest BCUT2D eigenvalue weighted by molar-refractivity contribution is -0.144. The van der Waals surface area contributed by atoms with Crippen LogP contribution in [0.3, 0.4) is 0 Å². The van der Waals surface area contributed by atoms with E-state index < -0.39 is 30.7 Å². The second-order valence-electron chi connectivity index (χ2n) is 4.64. The molecule has 2 rings (SSSR count). The summed E-state index contributed by atoms with van der Waals surface area (Å²) >= 11 is 0. The smallest absolute Gasteiger partial charge is 0.307 e. The number of carboxylic acid groups (broad SMARTS) is 1. The maximum atomic E-state index is 12.7. The van der Waals surface area contributed by atoms with E-state index in [0.29, 0.717) is 0 Å². The highest BCUT2D eigenvalue weighted by Gasteiger charge is 2.34. The molecule has 6 nitrogen and oxygen atoms in total. The number of aromatic amines is 1. The van der Waals surface area contributed by atoms with Gasteiger partial charge in [-0.25, -0.2) is 8.78 Å². The van der Waals surface area contributed by atoms with Crippen LogP contribution in [0, 0.1) is 5.92 Å². The van der Waals surface area contributed by atoms with Crippen molar-refractivity contribution in [2.24, 2.45) is 5.92 Å². The summed E-state index contributed by atoms with van der Waals surface area (Å²) in [7, 11) is 0. The molecular formula is C13H14F2N4O2. The number of alkyl halides is 2. The number of aromatic nitrogens is 4. The number of carbonyl (C=O) groups is 1. The number of halogens is 2. The van der Waals surface area contributed by atoms with Gasteiger partial charge in [0.25, 0.3) is 0 Å². The monoisotopic (exact) mass is 296 g/mol. The molecule has 0 aliphatic rings. The number of rotatable bonds is 7. The zero-order valence-electron chi connectivity index (χ0n) is 11.0. The summed E-state index contributed by atoms with van der Waals surface area (Å²) in [6.45, 7) is 0. The Morgan fingerprint density at radius 2 is 2.00 bits per heavy atom. The van der Waals surface area contributed by atoms with Crippen LogP contribution >= 0.6 is 0 Å². The van der Waals surface area contributed by atoms with E-state index in [1.54, 1.807) is 24.3 Å². The van der Waals surface area contributed by atoms with Crippen LogP contribution in [-0.2, 0) is 11.2 Å². The highest BCUT2D eigenvalue weighted by molar-refractivity contribution is 5.71. The van der Waals surface area contributed by atoms with Gasteiger partial charge >= 0.3 is 5.97 Å². The fraction of sp³-hybridized carbons (Fsp3) is 0.385. The first-order valence-electron chi connectivity index (χ1n) is 6.36. The van der Waals surface area contributed by atoms with Crippen molar-refractivity contribution < 1.29 is 18.7 Å². The van der Waals surface area contributed by atoms with E-state index in [0.717, 1.165) is 5.56 Å². The predicted molar refractivity (Wildman–Crippen MR) is 68.8 cm³/mol. The van der Waals surface area contributed by atoms with Crippen molar-refractivity contribution in [2.75, 3.05) is 0 Å². The van der Waals surface area contributed by atoms with Crippen molar-refractivity contribution in [3.05, 3.63) is 41.7 Å². The Balaban J connectivity index is 2.28. The standard InChI is InChI=1S/C13H14F2N4O2/c14-11(15)7-10(13(20)21)9(12-16-18-19-17-12)6-8-4-2-1-3-5-8/h1-5,9-11H,6-7H2,(H,20,21)(H,16,17,18,19)/t9-,10-/m0/s1. The zero-order valence-corrected chi connectivity index (χ0v) is 11.0. The molecule has 0 bridgehead atoms. The molecule has 8 heteroatoms. The van der Waals surface area contributed by atoms with Crippen molar-refractivity contribution in [1.29, 1.82) is 0 Å². The minimum atomic E-state index is -2.71. The van der Waals surface area contributed by atoms with Gasteiger partial charge in [0, 0.05) is 12.3 Å². The SMILES string of the molecule is O=C(O)[C@@H](CC(F)F)[C@H](Cc1ccccc1)c1nn[nH]n1. The fourth-order valence-corrected chi connectivity index (χ4v) is 2.24. The van der Waals surface area contributed by atoms with Crippen LogP contribution in [0.15, 0.2) is 30.3 Å². The molecule has 0 aliphatic heterocycles. The highest BCUT2D eigenvalue weighted by Crippen LogP contribution is 2.30. The second-order valence-corrected chi connectivity index (χ2v) is 4.64. The van der Waals surface area contributed by atoms with Crippen LogP contribution in [0.4, 0.5) is 8.78 Å². The first-order valence-corrected chi connectivity index (χ1v) is 6.36. The molecule has 1 heterocycles. The molecule has 0 saturated heterocycles. The minimum Gasteiger partial charge on any atom is -0.481 e. The van der Waals surface area contributed by atoms with E-state index in [1.807, 2.05) is 6.07 Å². The lowest BCUT2D eigenvalue weighted by atomic mass is 9.84. The number of aliphatic carboxylic acids is 1. The molecule has 1 aromatic heterocycles. The number of carboxylic acids is 1. The van der Waals surface area contributed by atoms with Crippen LogP contribution in [0.5, 0.6) is 0 Å². The number of tetrazole rings is 1. The quantitative estimate of drug-likeness (QED) is 0.814. The Morgan fingerprint density at radius 3 is 2.52 bits per heavy atom. The Bertz CT molecular complexity index is 563. The number of benzene rings is 1. The average molecular weight is 296 g/mol. The summed E-state index contributed by atoms with van der Waals surface area (Å²) in [6.07, 6.45) is -3.21. The number of hydrogen-bond acceptors (Lipinski definition) is 4. The van der Waals surface area contributed by atoms with Crippen LogP contribution in [-0.4, -0.2) is 38.1 Å². The third kappa shape index (κ3) is 4.04. The first kappa shape index (κ1) is 15.0. The van der Waals surface area contributed by atoms with Gasteiger partial charge in [-0.2, -0.15) is 5.21 Å². The van der Waals surface area contributed by atoms with Crippen molar-refractivity contribution >= 4 is 5.97 Å². The molecule has 0 fully saturated rings. The van der Waals surface area contributed by atoms with Crippen LogP contribution in [0.1, 0.15) is 23.7 Å². The molecule has 0 saturated carbocycles. The third-order valence-corrected chi connectivity index (χ3v) is 3.23. The summed E-state index contributed by atoms with van der Waals surface area (Å²) < 4.78 is 25.3. The predicted octanol–water partition coefficient (Wildman–Crippen LogP) is 1.88. The maximum Gasteiger partial charge on any atom is 0.307 e. The van der Waals surface area contributed by atoms with Gasteiger partial charge in [-0.3, -0.25) is 4.79 Å². The van der Waals surface area contributed by atoms with Gasteiger partial charge < -0.3 is 5.11 Å². The molecule has 0 amide bonds. The molecule has 0 radical (unpaired) electrons. The first-order chi connectivity index (χ1) is 10.1. The van der Waals surface area contributed by atoms with Gasteiger partial charge in [0.15, 0.2) is 5.82 Å². The van der Waals surface area contributed by atoms with Gasteiger partial charge in [-0.15, -0.1) is 10.2 Å². The molecular weight excluding hydrogens is 282 g/mol. The molecule has 2 N–H and O–H groups in total. The van der Waals surface area contributed by atoms with Crippen molar-refractivity contribution in [2.45, 2.75) is 25.2 Å². The Kier molecular flexibility index (Phi) is 4.91. The molecule has 21 heavy (non-hydrogen) atoms. The number of nitrogens with one attached hydrogen (secondary N) is 1. The van der Waals surface area contributed by atoms with Gasteiger partial charge in [0.05, 0.1) is 5.92 Å². The fourth-order valence-electron chi connectivity index (χ4n) is 2.24. The largest absolute Gasteiger partial charge is 0.481 e. The van der Waals surface area contributed by atoms with Gasteiger partial charge in [0.2, 0.25) is 6.43 Å². The lowest BCUT2D eigenvalue weighted by Crippen LogP contribution is -2.27. The van der Waals surface area contributed by atoms with E-state index in [4.69, 9.17) is 0 Å². The normalized spacial score (nSPS) is 14.0. The van der Waals surface area contributed by atoms with Crippen LogP contribution in [0.25, 0.3) is 0 Å². The number of H-pyrrole nitrogens is 1. The zero-order chi connectivity index (χ0) is 15.2. The van der Waals surface area contributed by atoms with E-state index in [2.05, 4.69) is 20.6 Å². The van der Waals surface area contributed by atoms with Gasteiger partial charge in [0.1, 0.15) is 0 Å². The minimum absolute atomic E-state index is 0.131. The van der Waals surface area contributed by atoms with E-state index in [1.165, 1.54) is 0 Å². The maximum absolute atomic E-state index is 12.7.